The van der Waals surface area contributed by atoms with Gasteiger partial charge in [0.1, 0.15) is 10.8 Å². The van der Waals surface area contributed by atoms with Crippen molar-refractivity contribution in [3.63, 3.8) is 0 Å². The van der Waals surface area contributed by atoms with Crippen molar-refractivity contribution in [3.05, 3.63) is 100 Å². The van der Waals surface area contributed by atoms with Gasteiger partial charge in [0.15, 0.2) is 10.9 Å². The third kappa shape index (κ3) is 5.39. The van der Waals surface area contributed by atoms with Crippen LogP contribution in [0, 0.1) is 0 Å². The molecule has 0 aliphatic carbocycles. The minimum Gasteiger partial charge on any atom is -0.451 e. The molecule has 0 radical (unpaired) electrons. The number of nitrogens with zero attached hydrogens (tertiary/aromatic N) is 1. The number of carbonyl (C=O) groups is 1. The first-order chi connectivity index (χ1) is 17.0. The van der Waals surface area contributed by atoms with E-state index in [0.717, 1.165) is 26.4 Å². The Morgan fingerprint density at radius 1 is 1.00 bits per heavy atom. The SMILES string of the molecule is O=C(NC(=S)NCc1ccc(-c2nc3ccccc3s2)cc1)c1ccc(-c2cc(Cl)ccc2Cl)o1. The van der Waals surface area contributed by atoms with E-state index in [4.69, 9.17) is 44.8 Å². The van der Waals surface area contributed by atoms with Crippen LogP contribution in [0.1, 0.15) is 16.1 Å². The van der Waals surface area contributed by atoms with Crippen LogP contribution in [0.25, 0.3) is 32.1 Å². The van der Waals surface area contributed by atoms with E-state index in [1.165, 1.54) is 0 Å². The first-order valence-corrected chi connectivity index (χ1v) is 12.5. The average molecular weight is 538 g/mol. The molecule has 5 rings (SSSR count). The highest BCUT2D eigenvalue weighted by atomic mass is 35.5. The van der Waals surface area contributed by atoms with Crippen LogP contribution in [-0.2, 0) is 6.54 Å². The molecule has 0 saturated carbocycles. The van der Waals surface area contributed by atoms with Gasteiger partial charge in [-0.3, -0.25) is 10.1 Å². The van der Waals surface area contributed by atoms with Crippen LogP contribution in [0.15, 0.2) is 83.3 Å². The van der Waals surface area contributed by atoms with E-state index >= 15 is 0 Å². The molecule has 3 aromatic carbocycles. The summed E-state index contributed by atoms with van der Waals surface area (Å²) in [6, 6.07) is 24.4. The molecule has 0 spiro atoms. The lowest BCUT2D eigenvalue weighted by molar-refractivity contribution is 0.0950. The van der Waals surface area contributed by atoms with E-state index in [-0.39, 0.29) is 10.9 Å². The number of benzene rings is 3. The molecular weight excluding hydrogens is 521 g/mol. The summed E-state index contributed by atoms with van der Waals surface area (Å²) in [6.45, 7) is 0.459. The Balaban J connectivity index is 1.17. The van der Waals surface area contributed by atoms with Crippen LogP contribution in [0.3, 0.4) is 0 Å². The van der Waals surface area contributed by atoms with Gasteiger partial charge < -0.3 is 9.73 Å². The number of aromatic nitrogens is 1. The summed E-state index contributed by atoms with van der Waals surface area (Å²) in [5, 5.41) is 7.84. The van der Waals surface area contributed by atoms with E-state index < -0.39 is 5.91 Å². The second kappa shape index (κ2) is 10.2. The largest absolute Gasteiger partial charge is 0.451 e. The Morgan fingerprint density at radius 3 is 2.60 bits per heavy atom. The Kier molecular flexibility index (Phi) is 6.83. The van der Waals surface area contributed by atoms with Crippen molar-refractivity contribution in [3.8, 4) is 21.9 Å². The third-order valence-corrected chi connectivity index (χ3v) is 7.10. The number of hydrogen-bond acceptors (Lipinski definition) is 5. The molecule has 0 bridgehead atoms. The summed E-state index contributed by atoms with van der Waals surface area (Å²) in [5.41, 5.74) is 3.67. The quantitative estimate of drug-likeness (QED) is 0.229. The summed E-state index contributed by atoms with van der Waals surface area (Å²) in [7, 11) is 0. The predicted octanol–water partition coefficient (Wildman–Crippen LogP) is 7.33. The molecule has 2 N–H and O–H groups in total. The zero-order valence-electron chi connectivity index (χ0n) is 18.0. The van der Waals surface area contributed by atoms with Gasteiger partial charge in [0.05, 0.1) is 15.2 Å². The molecule has 0 atom stereocenters. The number of thiocarbonyl (C=S) groups is 1. The molecule has 0 saturated heterocycles. The highest BCUT2D eigenvalue weighted by Gasteiger charge is 2.15. The fourth-order valence-corrected chi connectivity index (χ4v) is 4.96. The number of hydrogen-bond donors (Lipinski definition) is 2. The molecule has 9 heteroatoms. The maximum Gasteiger partial charge on any atom is 0.293 e. The number of nitrogens with one attached hydrogen (secondary N) is 2. The Bertz CT molecular complexity index is 1510. The van der Waals surface area contributed by atoms with Crippen molar-refractivity contribution >= 4 is 68.0 Å². The summed E-state index contributed by atoms with van der Waals surface area (Å²) in [4.78, 5) is 17.2. The van der Waals surface area contributed by atoms with Crippen LogP contribution in [-0.4, -0.2) is 16.0 Å². The van der Waals surface area contributed by atoms with Gasteiger partial charge in [-0.15, -0.1) is 11.3 Å². The fraction of sp³-hybridized carbons (Fsp3) is 0.0385. The van der Waals surface area contributed by atoms with Crippen molar-refractivity contribution in [2.45, 2.75) is 6.54 Å². The topological polar surface area (TPSA) is 67.2 Å². The maximum absolute atomic E-state index is 12.5. The number of amides is 1. The zero-order valence-corrected chi connectivity index (χ0v) is 21.2. The van der Waals surface area contributed by atoms with Gasteiger partial charge in [-0.1, -0.05) is 59.6 Å². The van der Waals surface area contributed by atoms with Gasteiger partial charge in [-0.2, -0.15) is 0 Å². The number of carbonyl (C=O) groups excluding carboxylic acids is 1. The van der Waals surface area contributed by atoms with Crippen LogP contribution < -0.4 is 10.6 Å². The molecule has 35 heavy (non-hydrogen) atoms. The number of thiazole rings is 1. The normalized spacial score (nSPS) is 10.9. The lowest BCUT2D eigenvalue weighted by Crippen LogP contribution is -2.38. The van der Waals surface area contributed by atoms with Crippen molar-refractivity contribution in [2.24, 2.45) is 0 Å². The molecule has 5 nitrogen and oxygen atoms in total. The molecular formula is C26H17Cl2N3O2S2. The van der Waals surface area contributed by atoms with E-state index in [2.05, 4.69) is 16.7 Å². The number of fused-ring (bicyclic) bond motifs is 1. The molecule has 1 amide bonds. The highest BCUT2D eigenvalue weighted by molar-refractivity contribution is 7.80. The standard InChI is InChI=1S/C26H17Cl2N3O2S2/c27-17-9-10-19(28)18(13-17)21-11-12-22(33-21)24(32)31-26(34)29-14-15-5-7-16(8-6-15)25-30-20-3-1-2-4-23(20)35-25/h1-13H,14H2,(H2,29,31,32,34). The molecule has 2 aromatic heterocycles. The van der Waals surface area contributed by atoms with Gasteiger partial charge in [0, 0.05) is 22.7 Å². The summed E-state index contributed by atoms with van der Waals surface area (Å²) < 4.78 is 6.82. The molecule has 0 fully saturated rings. The van der Waals surface area contributed by atoms with Crippen LogP contribution >= 0.6 is 46.8 Å². The van der Waals surface area contributed by atoms with E-state index in [1.807, 2.05) is 42.5 Å². The van der Waals surface area contributed by atoms with E-state index in [9.17, 15) is 4.79 Å². The minimum atomic E-state index is -0.460. The first-order valence-electron chi connectivity index (χ1n) is 10.6. The van der Waals surface area contributed by atoms with Crippen molar-refractivity contribution in [2.75, 3.05) is 0 Å². The number of para-hydroxylation sites is 1. The number of halogens is 2. The first kappa shape index (κ1) is 23.5. The zero-order chi connectivity index (χ0) is 24.4. The second-order valence-corrected chi connectivity index (χ2v) is 9.89. The van der Waals surface area contributed by atoms with Gasteiger partial charge in [-0.25, -0.2) is 4.98 Å². The Morgan fingerprint density at radius 2 is 1.80 bits per heavy atom. The molecule has 0 aliphatic heterocycles. The molecule has 174 valence electrons. The fourth-order valence-electron chi connectivity index (χ4n) is 3.44. The third-order valence-electron chi connectivity index (χ3n) is 5.20. The predicted molar refractivity (Wildman–Crippen MR) is 146 cm³/mol. The van der Waals surface area contributed by atoms with Crippen molar-refractivity contribution in [1.29, 1.82) is 0 Å². The second-order valence-electron chi connectivity index (χ2n) is 7.61. The van der Waals surface area contributed by atoms with Crippen LogP contribution in [0.2, 0.25) is 10.0 Å². The monoisotopic (exact) mass is 537 g/mol. The van der Waals surface area contributed by atoms with Crippen LogP contribution in [0.5, 0.6) is 0 Å². The van der Waals surface area contributed by atoms with Gasteiger partial charge in [0.25, 0.3) is 5.91 Å². The van der Waals surface area contributed by atoms with Gasteiger partial charge in [0.2, 0.25) is 0 Å². The molecule has 2 heterocycles. The Hall–Kier alpha value is -3.23. The number of rotatable bonds is 5. The van der Waals surface area contributed by atoms with Crippen molar-refractivity contribution in [1.82, 2.24) is 15.6 Å². The lowest BCUT2D eigenvalue weighted by atomic mass is 10.1. The van der Waals surface area contributed by atoms with Crippen LogP contribution in [0.4, 0.5) is 0 Å². The minimum absolute atomic E-state index is 0.111. The average Bonchev–Trinajstić information content (AvgIpc) is 3.52. The molecule has 0 unspecified atom stereocenters. The van der Waals surface area contributed by atoms with E-state index in [1.54, 1.807) is 41.7 Å². The lowest BCUT2D eigenvalue weighted by Gasteiger charge is -2.09. The number of furan rings is 1. The Labute approximate surface area is 220 Å². The molecule has 0 aliphatic rings. The van der Waals surface area contributed by atoms with Gasteiger partial charge in [-0.05, 0) is 60.2 Å². The van der Waals surface area contributed by atoms with E-state index in [0.29, 0.717) is 27.9 Å². The summed E-state index contributed by atoms with van der Waals surface area (Å²) >= 11 is 19.2. The van der Waals surface area contributed by atoms with Crippen molar-refractivity contribution < 1.29 is 9.21 Å². The smallest absolute Gasteiger partial charge is 0.293 e. The molecule has 5 aromatic rings. The maximum atomic E-state index is 12.5. The van der Waals surface area contributed by atoms with Gasteiger partial charge >= 0.3 is 0 Å². The highest BCUT2D eigenvalue weighted by Crippen LogP contribution is 2.32. The summed E-state index contributed by atoms with van der Waals surface area (Å²) in [6.07, 6.45) is 0. The summed E-state index contributed by atoms with van der Waals surface area (Å²) in [5.74, 6) is 0.0909.